The molecule has 0 spiro atoms. The highest BCUT2D eigenvalue weighted by Crippen LogP contribution is 2.31. The average Bonchev–Trinajstić information content (AvgIpc) is 2.88. The number of nitrogens with one attached hydrogen (secondary N) is 1. The first-order chi connectivity index (χ1) is 9.70. The zero-order chi connectivity index (χ0) is 14.1. The van der Waals surface area contributed by atoms with Crippen LogP contribution < -0.4 is 11.3 Å². The van der Waals surface area contributed by atoms with Crippen LogP contribution >= 0.6 is 0 Å². The maximum absolute atomic E-state index is 5.81. The molecule has 0 aliphatic carbocycles. The second kappa shape index (κ2) is 5.12. The first-order valence-corrected chi connectivity index (χ1v) is 6.70. The summed E-state index contributed by atoms with van der Waals surface area (Å²) < 4.78 is 5.63. The molecule has 1 aromatic heterocycles. The van der Waals surface area contributed by atoms with Gasteiger partial charge in [0.2, 0.25) is 0 Å². The molecule has 2 aromatic carbocycles. The lowest BCUT2D eigenvalue weighted by molar-refractivity contribution is 0.585. The van der Waals surface area contributed by atoms with Gasteiger partial charge in [0.15, 0.2) is 0 Å². The first-order valence-electron chi connectivity index (χ1n) is 6.70. The first kappa shape index (κ1) is 12.9. The van der Waals surface area contributed by atoms with Gasteiger partial charge in [0.1, 0.15) is 5.58 Å². The average molecular weight is 266 g/mol. The molecule has 3 aromatic rings. The summed E-state index contributed by atoms with van der Waals surface area (Å²) in [6, 6.07) is 14.3. The van der Waals surface area contributed by atoms with Crippen LogP contribution in [0.3, 0.4) is 0 Å². The minimum Gasteiger partial charge on any atom is -0.464 e. The van der Waals surface area contributed by atoms with E-state index in [-0.39, 0.29) is 6.04 Å². The maximum atomic E-state index is 5.81. The summed E-state index contributed by atoms with van der Waals surface area (Å²) >= 11 is 0. The number of aryl methyl sites for hydroxylation is 2. The van der Waals surface area contributed by atoms with Gasteiger partial charge in [0.25, 0.3) is 0 Å². The van der Waals surface area contributed by atoms with Gasteiger partial charge in [0, 0.05) is 10.9 Å². The van der Waals surface area contributed by atoms with Crippen molar-refractivity contribution in [3.05, 3.63) is 71.0 Å². The van der Waals surface area contributed by atoms with E-state index < -0.39 is 0 Å². The highest BCUT2D eigenvalue weighted by molar-refractivity contribution is 5.82. The van der Waals surface area contributed by atoms with E-state index >= 15 is 0 Å². The van der Waals surface area contributed by atoms with Crippen molar-refractivity contribution in [3.8, 4) is 0 Å². The molecule has 0 aliphatic heterocycles. The molecule has 3 N–H and O–H groups in total. The quantitative estimate of drug-likeness (QED) is 0.562. The Kier molecular flexibility index (Phi) is 3.30. The number of hydrogen-bond acceptors (Lipinski definition) is 3. The molecule has 1 heterocycles. The lowest BCUT2D eigenvalue weighted by Crippen LogP contribution is -2.29. The van der Waals surface area contributed by atoms with Crippen LogP contribution in [0, 0.1) is 13.8 Å². The van der Waals surface area contributed by atoms with Crippen LogP contribution in [0.2, 0.25) is 0 Å². The summed E-state index contributed by atoms with van der Waals surface area (Å²) in [6.45, 7) is 4.19. The van der Waals surface area contributed by atoms with Gasteiger partial charge in [0.05, 0.1) is 12.3 Å². The van der Waals surface area contributed by atoms with Gasteiger partial charge in [-0.1, -0.05) is 42.0 Å². The van der Waals surface area contributed by atoms with Crippen molar-refractivity contribution in [2.75, 3.05) is 0 Å². The molecule has 0 amide bonds. The fraction of sp³-hybridized carbons (Fsp3) is 0.176. The van der Waals surface area contributed by atoms with Crippen LogP contribution in [0.5, 0.6) is 0 Å². The molecule has 3 rings (SSSR count). The van der Waals surface area contributed by atoms with Crippen molar-refractivity contribution >= 4 is 11.0 Å². The van der Waals surface area contributed by atoms with Gasteiger partial charge in [-0.3, -0.25) is 5.84 Å². The summed E-state index contributed by atoms with van der Waals surface area (Å²) in [5.74, 6) is 5.81. The van der Waals surface area contributed by atoms with Gasteiger partial charge < -0.3 is 4.42 Å². The zero-order valence-corrected chi connectivity index (χ0v) is 11.7. The second-order valence-electron chi connectivity index (χ2n) is 5.15. The van der Waals surface area contributed by atoms with E-state index in [4.69, 9.17) is 10.3 Å². The number of para-hydroxylation sites is 1. The summed E-state index contributed by atoms with van der Waals surface area (Å²) in [5.41, 5.74) is 8.48. The number of nitrogens with two attached hydrogens (primary N) is 1. The van der Waals surface area contributed by atoms with Gasteiger partial charge >= 0.3 is 0 Å². The third-order valence-electron chi connectivity index (χ3n) is 3.73. The Morgan fingerprint density at radius 3 is 2.65 bits per heavy atom. The minimum atomic E-state index is -0.0708. The van der Waals surface area contributed by atoms with Crippen LogP contribution in [0.4, 0.5) is 0 Å². The second-order valence-corrected chi connectivity index (χ2v) is 5.15. The molecule has 0 saturated heterocycles. The van der Waals surface area contributed by atoms with Crippen LogP contribution in [-0.2, 0) is 0 Å². The molecule has 0 bridgehead atoms. The minimum absolute atomic E-state index is 0.0708. The third kappa shape index (κ3) is 2.11. The molecular weight excluding hydrogens is 248 g/mol. The fourth-order valence-electron chi connectivity index (χ4n) is 2.64. The topological polar surface area (TPSA) is 51.2 Å². The molecule has 20 heavy (non-hydrogen) atoms. The van der Waals surface area contributed by atoms with Gasteiger partial charge in [-0.2, -0.15) is 0 Å². The van der Waals surface area contributed by atoms with E-state index in [1.807, 2.05) is 18.2 Å². The van der Waals surface area contributed by atoms with Crippen LogP contribution in [0.1, 0.15) is 28.3 Å². The Morgan fingerprint density at radius 1 is 1.05 bits per heavy atom. The maximum Gasteiger partial charge on any atom is 0.134 e. The molecule has 1 unspecified atom stereocenters. The van der Waals surface area contributed by atoms with E-state index in [2.05, 4.69) is 43.5 Å². The van der Waals surface area contributed by atoms with Crippen molar-refractivity contribution in [3.63, 3.8) is 0 Å². The molecule has 0 radical (unpaired) electrons. The van der Waals surface area contributed by atoms with Crippen molar-refractivity contribution in [2.24, 2.45) is 5.84 Å². The van der Waals surface area contributed by atoms with Gasteiger partial charge in [-0.15, -0.1) is 0 Å². The third-order valence-corrected chi connectivity index (χ3v) is 3.73. The van der Waals surface area contributed by atoms with E-state index in [0.29, 0.717) is 0 Å². The fourth-order valence-corrected chi connectivity index (χ4v) is 2.64. The van der Waals surface area contributed by atoms with Crippen LogP contribution in [0.25, 0.3) is 11.0 Å². The molecule has 3 nitrogen and oxygen atoms in total. The van der Waals surface area contributed by atoms with E-state index in [9.17, 15) is 0 Å². The van der Waals surface area contributed by atoms with Gasteiger partial charge in [-0.05, 0) is 31.0 Å². The Labute approximate surface area is 118 Å². The van der Waals surface area contributed by atoms with Crippen LogP contribution in [0.15, 0.2) is 53.1 Å². The normalized spacial score (nSPS) is 12.8. The molecule has 0 aliphatic rings. The largest absolute Gasteiger partial charge is 0.464 e. The van der Waals surface area contributed by atoms with E-state index in [1.54, 1.807) is 6.26 Å². The number of hydrazine groups is 1. The molecule has 3 heteroatoms. The number of hydrogen-bond donors (Lipinski definition) is 2. The zero-order valence-electron chi connectivity index (χ0n) is 11.7. The summed E-state index contributed by atoms with van der Waals surface area (Å²) in [5, 5.41) is 1.09. The molecule has 102 valence electrons. The summed E-state index contributed by atoms with van der Waals surface area (Å²) in [6.07, 6.45) is 1.79. The Bertz CT molecular complexity index is 746. The SMILES string of the molecule is Cc1ccc(C)c(C(NN)c2coc3ccccc23)c1. The molecular formula is C17H18N2O. The lowest BCUT2D eigenvalue weighted by Gasteiger charge is -2.18. The summed E-state index contributed by atoms with van der Waals surface area (Å²) in [4.78, 5) is 0. The van der Waals surface area contributed by atoms with Crippen molar-refractivity contribution in [1.82, 2.24) is 5.43 Å². The molecule has 0 fully saturated rings. The predicted octanol–water partition coefficient (Wildman–Crippen LogP) is 3.60. The van der Waals surface area contributed by atoms with Crippen molar-refractivity contribution in [2.45, 2.75) is 19.9 Å². The standard InChI is InChI=1S/C17H18N2O/c1-11-7-8-12(2)14(9-11)17(19-18)15-10-20-16-6-4-3-5-13(15)16/h3-10,17,19H,18H2,1-2H3. The molecule has 0 saturated carbocycles. The van der Waals surface area contributed by atoms with Crippen molar-refractivity contribution < 1.29 is 4.42 Å². The highest BCUT2D eigenvalue weighted by atomic mass is 16.3. The monoisotopic (exact) mass is 266 g/mol. The predicted molar refractivity (Wildman–Crippen MR) is 81.3 cm³/mol. The van der Waals surface area contributed by atoms with Crippen molar-refractivity contribution in [1.29, 1.82) is 0 Å². The Hall–Kier alpha value is -2.10. The number of furan rings is 1. The molecule has 1 atom stereocenters. The highest BCUT2D eigenvalue weighted by Gasteiger charge is 2.19. The van der Waals surface area contributed by atoms with E-state index in [0.717, 1.165) is 16.5 Å². The Morgan fingerprint density at radius 2 is 1.85 bits per heavy atom. The van der Waals surface area contributed by atoms with Gasteiger partial charge in [-0.25, -0.2) is 5.43 Å². The Balaban J connectivity index is 2.16. The van der Waals surface area contributed by atoms with E-state index in [1.165, 1.54) is 16.7 Å². The van der Waals surface area contributed by atoms with Crippen LogP contribution in [-0.4, -0.2) is 0 Å². The number of benzene rings is 2. The smallest absolute Gasteiger partial charge is 0.134 e. The lowest BCUT2D eigenvalue weighted by atomic mass is 9.94. The number of rotatable bonds is 3. The number of fused-ring (bicyclic) bond motifs is 1. The summed E-state index contributed by atoms with van der Waals surface area (Å²) in [7, 11) is 0.